The van der Waals surface area contributed by atoms with E-state index in [-0.39, 0.29) is 4.71 Å². The van der Waals surface area contributed by atoms with Crippen LogP contribution < -0.4 is 0 Å². The molecular weight excluding hydrogens is 244 g/mol. The second kappa shape index (κ2) is 8.53. The fourth-order valence-corrected chi connectivity index (χ4v) is 3.75. The number of unbranched alkanes of at least 4 members (excludes halogenated alkanes) is 5. The van der Waals surface area contributed by atoms with Crippen molar-refractivity contribution in [2.24, 2.45) is 10.2 Å². The molecule has 0 saturated carbocycles. The van der Waals surface area contributed by atoms with E-state index in [9.17, 15) is 0 Å². The van der Waals surface area contributed by atoms with Gasteiger partial charge in [0.05, 0.1) is 0 Å². The molecule has 0 aliphatic carbocycles. The van der Waals surface area contributed by atoms with Crippen LogP contribution in [-0.2, 0) is 0 Å². The summed E-state index contributed by atoms with van der Waals surface area (Å²) in [4.78, 5) is 0. The molecule has 0 aromatic carbocycles. The van der Waals surface area contributed by atoms with Crippen LogP contribution in [0.15, 0.2) is 10.2 Å². The highest BCUT2D eigenvalue weighted by atomic mass is 32.2. The Morgan fingerprint density at radius 1 is 1.27 bits per heavy atom. The third-order valence-corrected chi connectivity index (χ3v) is 4.74. The number of thiocarbonyl (C=S) groups is 1. The molecule has 0 radical (unpaired) electrons. The molecule has 2 nitrogen and oxygen atoms in total. The average molecular weight is 262 g/mol. The molecule has 0 spiro atoms. The minimum Gasteiger partial charge on any atom is -0.161 e. The minimum atomic E-state index is 0.244. The van der Waals surface area contributed by atoms with E-state index in [4.69, 9.17) is 12.2 Å². The van der Waals surface area contributed by atoms with Crippen LogP contribution in [0.3, 0.4) is 0 Å². The molecule has 1 heterocycles. The van der Waals surface area contributed by atoms with E-state index < -0.39 is 0 Å². The third-order valence-electron chi connectivity index (χ3n) is 2.19. The van der Waals surface area contributed by atoms with E-state index in [0.29, 0.717) is 4.32 Å². The highest BCUT2D eigenvalue weighted by Gasteiger charge is 2.16. The van der Waals surface area contributed by atoms with E-state index in [1.807, 2.05) is 11.8 Å². The second-order valence-corrected chi connectivity index (χ2v) is 6.75. The fourth-order valence-electron chi connectivity index (χ4n) is 1.36. The highest BCUT2D eigenvalue weighted by molar-refractivity contribution is 8.30. The average Bonchev–Trinajstić information content (AvgIpc) is 2.63. The highest BCUT2D eigenvalue weighted by Crippen LogP contribution is 2.32. The predicted octanol–water partition coefficient (Wildman–Crippen LogP) is 4.85. The fraction of sp³-hybridized carbons (Fsp3) is 0.900. The summed E-state index contributed by atoms with van der Waals surface area (Å²) in [5.41, 5.74) is 0. The van der Waals surface area contributed by atoms with Gasteiger partial charge >= 0.3 is 0 Å². The van der Waals surface area contributed by atoms with Crippen LogP contribution in [-0.4, -0.2) is 14.8 Å². The predicted molar refractivity (Wildman–Crippen MR) is 74.7 cm³/mol. The van der Waals surface area contributed by atoms with Gasteiger partial charge in [-0.3, -0.25) is 0 Å². The molecule has 0 aromatic heterocycles. The number of hydrogen-bond donors (Lipinski definition) is 0. The third kappa shape index (κ3) is 6.53. The lowest BCUT2D eigenvalue weighted by Gasteiger charge is -2.03. The van der Waals surface area contributed by atoms with Gasteiger partial charge in [0.1, 0.15) is 0 Å². The summed E-state index contributed by atoms with van der Waals surface area (Å²) in [5, 5.41) is 7.93. The molecule has 0 amide bonds. The van der Waals surface area contributed by atoms with Crippen molar-refractivity contribution in [1.29, 1.82) is 0 Å². The normalized spacial score (nSPS) is 20.1. The van der Waals surface area contributed by atoms with Crippen molar-refractivity contribution in [3.05, 3.63) is 0 Å². The zero-order chi connectivity index (χ0) is 10.9. The lowest BCUT2D eigenvalue weighted by molar-refractivity contribution is 0.627. The maximum atomic E-state index is 4.93. The topological polar surface area (TPSA) is 24.7 Å². The molecule has 1 rings (SSSR count). The van der Waals surface area contributed by atoms with Gasteiger partial charge in [-0.1, -0.05) is 50.8 Å². The van der Waals surface area contributed by atoms with E-state index in [0.717, 1.165) is 0 Å². The first kappa shape index (κ1) is 13.5. The van der Waals surface area contributed by atoms with E-state index in [1.165, 1.54) is 44.3 Å². The lowest BCUT2D eigenvalue weighted by Crippen LogP contribution is -1.91. The van der Waals surface area contributed by atoms with Crippen LogP contribution >= 0.6 is 35.7 Å². The Morgan fingerprint density at radius 3 is 2.67 bits per heavy atom. The van der Waals surface area contributed by atoms with Crippen molar-refractivity contribution in [3.63, 3.8) is 0 Å². The summed E-state index contributed by atoms with van der Waals surface area (Å²) in [5.74, 6) is 1.19. The van der Waals surface area contributed by atoms with Crippen LogP contribution in [0.2, 0.25) is 0 Å². The summed E-state index contributed by atoms with van der Waals surface area (Å²) >= 11 is 8.40. The Kier molecular flexibility index (Phi) is 7.65. The first-order chi connectivity index (χ1) is 7.33. The molecule has 0 unspecified atom stereocenters. The van der Waals surface area contributed by atoms with Gasteiger partial charge in [0, 0.05) is 0 Å². The van der Waals surface area contributed by atoms with Crippen molar-refractivity contribution >= 4 is 40.1 Å². The number of thioether (sulfide) groups is 2. The van der Waals surface area contributed by atoms with Crippen LogP contribution in [0.5, 0.6) is 0 Å². The summed E-state index contributed by atoms with van der Waals surface area (Å²) in [6, 6.07) is 0. The molecule has 1 atom stereocenters. The maximum absolute atomic E-state index is 4.93. The molecule has 15 heavy (non-hydrogen) atoms. The van der Waals surface area contributed by atoms with Crippen molar-refractivity contribution in [3.8, 4) is 0 Å². The monoisotopic (exact) mass is 262 g/mol. The van der Waals surface area contributed by atoms with Gasteiger partial charge in [-0.2, -0.15) is 5.11 Å². The van der Waals surface area contributed by atoms with E-state index >= 15 is 0 Å². The Morgan fingerprint density at radius 2 is 2.00 bits per heavy atom. The zero-order valence-electron chi connectivity index (χ0n) is 9.15. The molecule has 5 heteroatoms. The molecule has 0 fully saturated rings. The molecule has 86 valence electrons. The van der Waals surface area contributed by atoms with Gasteiger partial charge in [0.25, 0.3) is 0 Å². The van der Waals surface area contributed by atoms with Crippen LogP contribution in [0.25, 0.3) is 0 Å². The number of azo groups is 1. The SMILES string of the molecule is CCCCCCCCS[C@H]1N=NC(=S)S1. The first-order valence-electron chi connectivity index (χ1n) is 5.56. The zero-order valence-corrected chi connectivity index (χ0v) is 11.6. The van der Waals surface area contributed by atoms with Crippen molar-refractivity contribution in [2.45, 2.75) is 50.2 Å². The molecule has 0 saturated heterocycles. The van der Waals surface area contributed by atoms with Gasteiger partial charge in [0.2, 0.25) is 0 Å². The Hall–Kier alpha value is 0.390. The smallest absolute Gasteiger partial charge is 0.161 e. The molecule has 0 aromatic rings. The van der Waals surface area contributed by atoms with Gasteiger partial charge in [0.15, 0.2) is 9.03 Å². The molecule has 1 aliphatic heterocycles. The lowest BCUT2D eigenvalue weighted by atomic mass is 10.1. The van der Waals surface area contributed by atoms with Gasteiger partial charge in [-0.15, -0.1) is 16.9 Å². The molecule has 0 bridgehead atoms. The van der Waals surface area contributed by atoms with Gasteiger partial charge in [-0.25, -0.2) is 0 Å². The number of hydrogen-bond acceptors (Lipinski definition) is 4. The quantitative estimate of drug-likeness (QED) is 0.462. The van der Waals surface area contributed by atoms with Gasteiger partial charge in [-0.05, 0) is 24.4 Å². The van der Waals surface area contributed by atoms with E-state index in [1.54, 1.807) is 11.8 Å². The van der Waals surface area contributed by atoms with Crippen LogP contribution in [0.1, 0.15) is 45.4 Å². The minimum absolute atomic E-state index is 0.244. The van der Waals surface area contributed by atoms with Crippen LogP contribution in [0.4, 0.5) is 0 Å². The molecule has 0 N–H and O–H groups in total. The standard InChI is InChI=1S/C10H18N2S3/c1-2-3-4-5-6-7-8-14-10-12-11-9(13)15-10/h10H,2-8H2,1H3/t10-/m1/s1. The summed E-state index contributed by atoms with van der Waals surface area (Å²) in [7, 11) is 0. The number of nitrogens with zero attached hydrogens (tertiary/aromatic N) is 2. The first-order valence-corrected chi connectivity index (χ1v) is 7.89. The summed E-state index contributed by atoms with van der Waals surface area (Å²) in [6.45, 7) is 2.25. The maximum Gasteiger partial charge on any atom is 0.184 e. The van der Waals surface area contributed by atoms with Crippen LogP contribution in [0, 0.1) is 0 Å². The Bertz CT molecular complexity index is 219. The summed E-state index contributed by atoms with van der Waals surface area (Å²) < 4.78 is 0.934. The van der Waals surface area contributed by atoms with Crippen molar-refractivity contribution in [2.75, 3.05) is 5.75 Å². The second-order valence-electron chi connectivity index (χ2n) is 3.54. The van der Waals surface area contributed by atoms with Crippen molar-refractivity contribution < 1.29 is 0 Å². The number of rotatable bonds is 8. The summed E-state index contributed by atoms with van der Waals surface area (Å²) in [6.07, 6.45) is 8.13. The van der Waals surface area contributed by atoms with E-state index in [2.05, 4.69) is 17.2 Å². The molecular formula is C10H18N2S3. The Labute approximate surface area is 106 Å². The largest absolute Gasteiger partial charge is 0.184 e. The Balaban J connectivity index is 1.85. The van der Waals surface area contributed by atoms with Crippen molar-refractivity contribution in [1.82, 2.24) is 0 Å². The molecule has 1 aliphatic rings. The van der Waals surface area contributed by atoms with Gasteiger partial charge < -0.3 is 0 Å².